The molecule has 1 aliphatic carbocycles. The molecule has 17 heavy (non-hydrogen) atoms. The lowest BCUT2D eigenvalue weighted by Gasteiger charge is -2.24. The third-order valence-corrected chi connectivity index (χ3v) is 3.30. The summed E-state index contributed by atoms with van der Waals surface area (Å²) < 4.78 is 10.5. The van der Waals surface area contributed by atoms with Crippen molar-refractivity contribution in [2.45, 2.75) is 37.5 Å². The minimum atomic E-state index is -0.185. The van der Waals surface area contributed by atoms with Crippen molar-refractivity contribution < 1.29 is 14.3 Å². The minimum Gasteiger partial charge on any atom is -0.381 e. The second kappa shape index (κ2) is 7.16. The van der Waals surface area contributed by atoms with E-state index >= 15 is 0 Å². The largest absolute Gasteiger partial charge is 0.381 e. The van der Waals surface area contributed by atoms with E-state index in [1.165, 1.54) is 0 Å². The van der Waals surface area contributed by atoms with Gasteiger partial charge in [0, 0.05) is 19.7 Å². The van der Waals surface area contributed by atoms with Crippen molar-refractivity contribution in [3.63, 3.8) is 0 Å². The molecule has 1 saturated carbocycles. The Kier molecular flexibility index (Phi) is 6.19. The number of carbonyl (C=O) groups is 1. The molecule has 0 radical (unpaired) electrons. The summed E-state index contributed by atoms with van der Waals surface area (Å²) in [5, 5.41) is 6.20. The molecule has 3 unspecified atom stereocenters. The smallest absolute Gasteiger partial charge is 0.239 e. The highest BCUT2D eigenvalue weighted by molar-refractivity contribution is 5.85. The quantitative estimate of drug-likeness (QED) is 0.758. The molecule has 1 heterocycles. The van der Waals surface area contributed by atoms with Crippen LogP contribution in [-0.4, -0.2) is 51.0 Å². The Morgan fingerprint density at radius 1 is 1.47 bits per heavy atom. The molecule has 1 saturated heterocycles. The fourth-order valence-corrected chi connectivity index (χ4v) is 2.32. The molecule has 2 rings (SSSR count). The number of amides is 1. The van der Waals surface area contributed by atoms with Gasteiger partial charge in [0.1, 0.15) is 6.04 Å². The summed E-state index contributed by atoms with van der Waals surface area (Å²) in [5.41, 5.74) is 0. The summed E-state index contributed by atoms with van der Waals surface area (Å²) in [7, 11) is 1.73. The Morgan fingerprint density at radius 3 is 2.88 bits per heavy atom. The fourth-order valence-electron chi connectivity index (χ4n) is 2.32. The summed E-state index contributed by atoms with van der Waals surface area (Å²) in [6.07, 6.45) is 3.28. The van der Waals surface area contributed by atoms with Crippen LogP contribution in [0.4, 0.5) is 0 Å². The van der Waals surface area contributed by atoms with E-state index in [1.807, 2.05) is 0 Å². The number of nitrogens with one attached hydrogen (secondary N) is 2. The first-order valence-electron chi connectivity index (χ1n) is 5.94. The Balaban J connectivity index is 0.00000144. The number of carbonyl (C=O) groups excluding carboxylic acids is 1. The maximum absolute atomic E-state index is 11.9. The van der Waals surface area contributed by atoms with Gasteiger partial charge in [-0.2, -0.15) is 0 Å². The van der Waals surface area contributed by atoms with E-state index in [9.17, 15) is 4.79 Å². The molecule has 3 atom stereocenters. The molecule has 6 heteroatoms. The lowest BCUT2D eigenvalue weighted by molar-refractivity contribution is -0.126. The van der Waals surface area contributed by atoms with Crippen LogP contribution >= 0.6 is 12.4 Å². The maximum Gasteiger partial charge on any atom is 0.239 e. The van der Waals surface area contributed by atoms with Gasteiger partial charge >= 0.3 is 0 Å². The van der Waals surface area contributed by atoms with Gasteiger partial charge in [0.25, 0.3) is 0 Å². The van der Waals surface area contributed by atoms with Gasteiger partial charge in [0.15, 0.2) is 0 Å². The monoisotopic (exact) mass is 264 g/mol. The minimum absolute atomic E-state index is 0. The first kappa shape index (κ1) is 14.7. The van der Waals surface area contributed by atoms with Gasteiger partial charge in [-0.25, -0.2) is 0 Å². The third-order valence-electron chi connectivity index (χ3n) is 3.30. The van der Waals surface area contributed by atoms with Crippen LogP contribution in [-0.2, 0) is 14.3 Å². The van der Waals surface area contributed by atoms with Gasteiger partial charge in [0.2, 0.25) is 5.91 Å². The maximum atomic E-state index is 11.9. The number of ether oxygens (including phenoxy) is 2. The van der Waals surface area contributed by atoms with Crippen molar-refractivity contribution in [3.8, 4) is 0 Å². The Morgan fingerprint density at radius 2 is 2.29 bits per heavy atom. The lowest BCUT2D eigenvalue weighted by atomic mass is 10.2. The highest BCUT2D eigenvalue weighted by Gasteiger charge is 2.28. The Labute approximate surface area is 108 Å². The van der Waals surface area contributed by atoms with Crippen LogP contribution in [0, 0.1) is 0 Å². The molecule has 0 bridgehead atoms. The topological polar surface area (TPSA) is 59.6 Å². The molecule has 0 aromatic carbocycles. The molecule has 0 aromatic heterocycles. The van der Waals surface area contributed by atoms with Crippen LogP contribution in [0.2, 0.25) is 0 Å². The first-order chi connectivity index (χ1) is 7.79. The molecule has 2 N–H and O–H groups in total. The van der Waals surface area contributed by atoms with Crippen molar-refractivity contribution >= 4 is 18.3 Å². The van der Waals surface area contributed by atoms with Gasteiger partial charge in [-0.3, -0.25) is 4.79 Å². The average molecular weight is 265 g/mol. The molecule has 2 fully saturated rings. The SMILES string of the molecule is COC1CCC(NC(=O)C2COCCN2)C1.Cl. The van der Waals surface area contributed by atoms with Gasteiger partial charge < -0.3 is 20.1 Å². The number of methoxy groups -OCH3 is 1. The second-order valence-corrected chi connectivity index (χ2v) is 4.46. The van der Waals surface area contributed by atoms with Gasteiger partial charge in [0.05, 0.1) is 19.3 Å². The van der Waals surface area contributed by atoms with E-state index in [4.69, 9.17) is 9.47 Å². The van der Waals surface area contributed by atoms with Crippen LogP contribution in [0.5, 0.6) is 0 Å². The van der Waals surface area contributed by atoms with Crippen LogP contribution in [0.25, 0.3) is 0 Å². The van der Waals surface area contributed by atoms with Crippen molar-refractivity contribution in [2.75, 3.05) is 26.9 Å². The highest BCUT2D eigenvalue weighted by atomic mass is 35.5. The van der Waals surface area contributed by atoms with Crippen LogP contribution in [0.1, 0.15) is 19.3 Å². The Bertz CT molecular complexity index is 247. The van der Waals surface area contributed by atoms with E-state index < -0.39 is 0 Å². The number of hydrogen-bond donors (Lipinski definition) is 2. The molecule has 0 aromatic rings. The molecule has 1 amide bonds. The summed E-state index contributed by atoms with van der Waals surface area (Å²) in [6.45, 7) is 1.93. The van der Waals surface area contributed by atoms with Crippen LogP contribution in [0.3, 0.4) is 0 Å². The number of hydrogen-bond acceptors (Lipinski definition) is 4. The fraction of sp³-hybridized carbons (Fsp3) is 0.909. The zero-order chi connectivity index (χ0) is 11.4. The molecule has 5 nitrogen and oxygen atoms in total. The van der Waals surface area contributed by atoms with Crippen molar-refractivity contribution in [1.29, 1.82) is 0 Å². The summed E-state index contributed by atoms with van der Waals surface area (Å²) in [5.74, 6) is 0.0569. The van der Waals surface area contributed by atoms with E-state index in [1.54, 1.807) is 7.11 Å². The zero-order valence-electron chi connectivity index (χ0n) is 10.1. The molecular formula is C11H21ClN2O3. The molecule has 2 aliphatic rings. The van der Waals surface area contributed by atoms with Gasteiger partial charge in [-0.15, -0.1) is 12.4 Å². The predicted molar refractivity (Wildman–Crippen MR) is 66.4 cm³/mol. The third kappa shape index (κ3) is 4.10. The van der Waals surface area contributed by atoms with Crippen LogP contribution < -0.4 is 10.6 Å². The van der Waals surface area contributed by atoms with Crippen molar-refractivity contribution in [3.05, 3.63) is 0 Å². The van der Waals surface area contributed by atoms with Gasteiger partial charge in [-0.05, 0) is 19.3 Å². The highest BCUT2D eigenvalue weighted by Crippen LogP contribution is 2.21. The normalized spacial score (nSPS) is 32.9. The van der Waals surface area contributed by atoms with E-state index in [0.717, 1.165) is 25.8 Å². The number of rotatable bonds is 3. The molecule has 1 aliphatic heterocycles. The zero-order valence-corrected chi connectivity index (χ0v) is 10.9. The van der Waals surface area contributed by atoms with Crippen molar-refractivity contribution in [1.82, 2.24) is 10.6 Å². The first-order valence-corrected chi connectivity index (χ1v) is 5.94. The van der Waals surface area contributed by atoms with Crippen molar-refractivity contribution in [2.24, 2.45) is 0 Å². The molecule has 0 spiro atoms. The molecular weight excluding hydrogens is 244 g/mol. The lowest BCUT2D eigenvalue weighted by Crippen LogP contribution is -2.53. The number of halogens is 1. The molecule has 100 valence electrons. The van der Waals surface area contributed by atoms with E-state index in [2.05, 4.69) is 10.6 Å². The average Bonchev–Trinajstić information content (AvgIpc) is 2.78. The second-order valence-electron chi connectivity index (χ2n) is 4.46. The van der Waals surface area contributed by atoms with E-state index in [-0.39, 0.29) is 30.4 Å². The summed E-state index contributed by atoms with van der Waals surface area (Å²) in [4.78, 5) is 11.9. The summed E-state index contributed by atoms with van der Waals surface area (Å²) >= 11 is 0. The number of morpholine rings is 1. The Hall–Kier alpha value is -0.360. The van der Waals surface area contributed by atoms with E-state index in [0.29, 0.717) is 19.3 Å². The van der Waals surface area contributed by atoms with Crippen LogP contribution in [0.15, 0.2) is 0 Å². The predicted octanol–water partition coefficient (Wildman–Crippen LogP) is 0.0803. The standard InChI is InChI=1S/C11H20N2O3.ClH/c1-15-9-3-2-8(6-9)13-11(14)10-7-16-5-4-12-10;/h8-10,12H,2-7H2,1H3,(H,13,14);1H. The van der Waals surface area contributed by atoms with Gasteiger partial charge in [-0.1, -0.05) is 0 Å². The summed E-state index contributed by atoms with van der Waals surface area (Å²) in [6, 6.07) is 0.0801.